The van der Waals surface area contributed by atoms with E-state index in [-0.39, 0.29) is 11.2 Å². The third-order valence-electron chi connectivity index (χ3n) is 2.93. The predicted octanol–water partition coefficient (Wildman–Crippen LogP) is 1.33. The molecule has 0 N–H and O–H groups in total. The second kappa shape index (κ2) is 7.60. The minimum atomic E-state index is -0.285. The summed E-state index contributed by atoms with van der Waals surface area (Å²) >= 11 is 11.5. The molecule has 0 unspecified atom stereocenters. The number of rotatable bonds is 7. The van der Waals surface area contributed by atoms with Gasteiger partial charge in [-0.15, -0.1) is 23.2 Å². The van der Waals surface area contributed by atoms with Crippen molar-refractivity contribution in [2.24, 2.45) is 0 Å². The number of halogens is 2. The number of hydrogen-bond acceptors (Lipinski definition) is 3. The highest BCUT2D eigenvalue weighted by atomic mass is 35.5. The zero-order valence-corrected chi connectivity index (χ0v) is 12.7. The third kappa shape index (κ3) is 3.54. The van der Waals surface area contributed by atoms with Crippen LogP contribution < -0.4 is 16.1 Å². The van der Waals surface area contributed by atoms with Gasteiger partial charge in [-0.05, 0) is 13.8 Å². The van der Waals surface area contributed by atoms with Crippen molar-refractivity contribution in [1.82, 2.24) is 9.13 Å². The summed E-state index contributed by atoms with van der Waals surface area (Å²) in [4.78, 5) is 26.1. The summed E-state index contributed by atoms with van der Waals surface area (Å²) in [5.41, 5.74) is -0.0903. The Morgan fingerprint density at radius 1 is 1.11 bits per heavy atom. The normalized spacial score (nSPS) is 10.7. The van der Waals surface area contributed by atoms with Crippen molar-refractivity contribution in [3.63, 3.8) is 0 Å². The molecule has 0 atom stereocenters. The third-order valence-corrected chi connectivity index (χ3v) is 3.26. The second-order valence-electron chi connectivity index (χ2n) is 4.00. The minimum Gasteiger partial charge on any atom is -0.363 e. The van der Waals surface area contributed by atoms with E-state index < -0.39 is 0 Å². The fraction of sp³-hybridized carbons (Fsp3) is 0.667. The highest BCUT2D eigenvalue weighted by Gasteiger charge is 2.15. The van der Waals surface area contributed by atoms with Gasteiger partial charge < -0.3 is 4.90 Å². The Kier molecular flexibility index (Phi) is 6.45. The summed E-state index contributed by atoms with van der Waals surface area (Å²) in [5.74, 6) is 0.793. The molecule has 1 aromatic heterocycles. The lowest BCUT2D eigenvalue weighted by molar-refractivity contribution is 0.584. The number of aromatic nitrogens is 2. The topological polar surface area (TPSA) is 47.2 Å². The standard InChI is InChI=1S/C12H19Cl2N3O2/c1-3-15-9-10(16(7-5-13)8-6-14)11(18)17(4-2)12(15)19/h9H,3-8H2,1-2H3. The Bertz CT molecular complexity index is 519. The molecule has 1 aromatic rings. The van der Waals surface area contributed by atoms with Gasteiger partial charge in [0.15, 0.2) is 0 Å². The van der Waals surface area contributed by atoms with E-state index in [1.165, 1.54) is 9.13 Å². The van der Waals surface area contributed by atoms with E-state index >= 15 is 0 Å². The van der Waals surface area contributed by atoms with E-state index in [2.05, 4.69) is 0 Å². The first-order valence-corrected chi connectivity index (χ1v) is 7.38. The van der Waals surface area contributed by atoms with Gasteiger partial charge in [0.05, 0.1) is 0 Å². The second-order valence-corrected chi connectivity index (χ2v) is 4.75. The van der Waals surface area contributed by atoms with Crippen LogP contribution in [0.4, 0.5) is 5.69 Å². The molecule has 5 nitrogen and oxygen atoms in total. The van der Waals surface area contributed by atoms with Crippen LogP contribution in [0.15, 0.2) is 15.8 Å². The zero-order valence-electron chi connectivity index (χ0n) is 11.2. The van der Waals surface area contributed by atoms with Gasteiger partial charge in [0.25, 0.3) is 5.56 Å². The number of alkyl halides is 2. The van der Waals surface area contributed by atoms with Crippen LogP contribution in [0.2, 0.25) is 0 Å². The van der Waals surface area contributed by atoms with Gasteiger partial charge in [-0.25, -0.2) is 4.79 Å². The van der Waals surface area contributed by atoms with Crippen LogP contribution in [0.5, 0.6) is 0 Å². The molecule has 0 bridgehead atoms. The smallest absolute Gasteiger partial charge is 0.331 e. The highest BCUT2D eigenvalue weighted by Crippen LogP contribution is 2.07. The summed E-state index contributed by atoms with van der Waals surface area (Å²) < 4.78 is 2.75. The molecule has 0 fully saturated rings. The van der Waals surface area contributed by atoms with Gasteiger partial charge in [0.2, 0.25) is 0 Å². The summed E-state index contributed by atoms with van der Waals surface area (Å²) in [7, 11) is 0. The quantitative estimate of drug-likeness (QED) is 0.714. The predicted molar refractivity (Wildman–Crippen MR) is 80.0 cm³/mol. The molecule has 0 aliphatic carbocycles. The minimum absolute atomic E-state index is 0.282. The molecule has 0 saturated carbocycles. The molecule has 1 heterocycles. The lowest BCUT2D eigenvalue weighted by Crippen LogP contribution is -2.43. The van der Waals surface area contributed by atoms with Gasteiger partial charge in [-0.1, -0.05) is 0 Å². The molecule has 0 aliphatic heterocycles. The molecule has 0 saturated heterocycles. The molecule has 19 heavy (non-hydrogen) atoms. The average Bonchev–Trinajstić information content (AvgIpc) is 2.39. The van der Waals surface area contributed by atoms with Crippen LogP contribution >= 0.6 is 23.2 Å². The van der Waals surface area contributed by atoms with Crippen molar-refractivity contribution in [2.75, 3.05) is 29.7 Å². The molecular formula is C12H19Cl2N3O2. The molecule has 108 valence electrons. The number of hydrogen-bond donors (Lipinski definition) is 0. The zero-order chi connectivity index (χ0) is 14.4. The van der Waals surface area contributed by atoms with Gasteiger partial charge in [-0.2, -0.15) is 0 Å². The van der Waals surface area contributed by atoms with Crippen LogP contribution in [0, 0.1) is 0 Å². The monoisotopic (exact) mass is 307 g/mol. The van der Waals surface area contributed by atoms with Crippen molar-refractivity contribution < 1.29 is 0 Å². The van der Waals surface area contributed by atoms with Crippen molar-refractivity contribution in [3.05, 3.63) is 27.0 Å². The van der Waals surface area contributed by atoms with E-state index in [4.69, 9.17) is 23.2 Å². The first kappa shape index (κ1) is 16.1. The lowest BCUT2D eigenvalue weighted by Gasteiger charge is -2.23. The SMILES string of the molecule is CCn1cc(N(CCCl)CCCl)c(=O)n(CC)c1=O. The fourth-order valence-electron chi connectivity index (χ4n) is 1.92. The van der Waals surface area contributed by atoms with E-state index in [1.54, 1.807) is 13.1 Å². The molecule has 0 aromatic carbocycles. The molecule has 0 amide bonds. The van der Waals surface area contributed by atoms with Gasteiger partial charge in [0.1, 0.15) is 5.69 Å². The van der Waals surface area contributed by atoms with Crippen LogP contribution in [-0.4, -0.2) is 34.0 Å². The van der Waals surface area contributed by atoms with Crippen molar-refractivity contribution >= 4 is 28.9 Å². The van der Waals surface area contributed by atoms with Gasteiger partial charge >= 0.3 is 5.69 Å². The van der Waals surface area contributed by atoms with Crippen molar-refractivity contribution in [3.8, 4) is 0 Å². The summed E-state index contributed by atoms with van der Waals surface area (Å²) in [6, 6.07) is 0. The summed E-state index contributed by atoms with van der Waals surface area (Å²) in [5, 5.41) is 0. The number of anilines is 1. The van der Waals surface area contributed by atoms with E-state index in [0.29, 0.717) is 43.6 Å². The Morgan fingerprint density at radius 2 is 1.68 bits per heavy atom. The Labute approximate surface area is 122 Å². The maximum Gasteiger partial charge on any atom is 0.331 e. The fourth-order valence-corrected chi connectivity index (χ4v) is 2.33. The summed E-state index contributed by atoms with van der Waals surface area (Å²) in [6.45, 7) is 5.55. The number of nitrogens with zero attached hydrogens (tertiary/aromatic N) is 3. The first-order chi connectivity index (χ1) is 9.10. The largest absolute Gasteiger partial charge is 0.363 e. The lowest BCUT2D eigenvalue weighted by atomic mass is 10.4. The van der Waals surface area contributed by atoms with Gasteiger partial charge in [-0.3, -0.25) is 13.9 Å². The summed E-state index contributed by atoms with van der Waals surface area (Å²) in [6.07, 6.45) is 1.59. The Balaban J connectivity index is 3.40. The van der Waals surface area contributed by atoms with Crippen molar-refractivity contribution in [1.29, 1.82) is 0 Å². The molecule has 7 heteroatoms. The first-order valence-electron chi connectivity index (χ1n) is 6.31. The van der Waals surface area contributed by atoms with E-state index in [1.807, 2.05) is 11.8 Å². The van der Waals surface area contributed by atoms with Gasteiger partial charge in [0, 0.05) is 44.1 Å². The molecule has 0 spiro atoms. The average molecular weight is 308 g/mol. The van der Waals surface area contributed by atoms with Crippen LogP contribution in [0.3, 0.4) is 0 Å². The number of aryl methyl sites for hydroxylation is 1. The molecule has 0 radical (unpaired) electrons. The maximum absolute atomic E-state index is 12.3. The highest BCUT2D eigenvalue weighted by molar-refractivity contribution is 6.18. The van der Waals surface area contributed by atoms with Crippen LogP contribution in [0.25, 0.3) is 0 Å². The van der Waals surface area contributed by atoms with Crippen LogP contribution in [-0.2, 0) is 13.1 Å². The van der Waals surface area contributed by atoms with Crippen molar-refractivity contribution in [2.45, 2.75) is 26.9 Å². The Morgan fingerprint density at radius 3 is 2.11 bits per heavy atom. The molecule has 0 aliphatic rings. The molecular weight excluding hydrogens is 289 g/mol. The Hall–Kier alpha value is -0.940. The maximum atomic E-state index is 12.3. The molecule has 1 rings (SSSR count). The van der Waals surface area contributed by atoms with E-state index in [0.717, 1.165) is 0 Å². The van der Waals surface area contributed by atoms with Crippen LogP contribution in [0.1, 0.15) is 13.8 Å². The van der Waals surface area contributed by atoms with E-state index in [9.17, 15) is 9.59 Å².